The van der Waals surface area contributed by atoms with Gasteiger partial charge in [-0.2, -0.15) is 5.26 Å². The maximum atomic E-state index is 13.7. The second-order valence-electron chi connectivity index (χ2n) is 9.16. The lowest BCUT2D eigenvalue weighted by molar-refractivity contribution is -0.145. The zero-order valence-corrected chi connectivity index (χ0v) is 22.8. The van der Waals surface area contributed by atoms with E-state index in [-0.39, 0.29) is 23.9 Å². The summed E-state index contributed by atoms with van der Waals surface area (Å²) in [7, 11) is 1.37. The number of alkyl halides is 1. The molecule has 3 unspecified atom stereocenters. The average Bonchev–Trinajstić information content (AvgIpc) is 3.54. The van der Waals surface area contributed by atoms with E-state index in [4.69, 9.17) is 5.73 Å². The van der Waals surface area contributed by atoms with Crippen LogP contribution < -0.4 is 5.73 Å². The third kappa shape index (κ3) is 9.39. The van der Waals surface area contributed by atoms with Crippen LogP contribution in [0.5, 0.6) is 0 Å². The topological polar surface area (TPSA) is 111 Å². The van der Waals surface area contributed by atoms with Gasteiger partial charge in [0.15, 0.2) is 6.10 Å². The number of halogens is 2. The molecule has 4 rings (SSSR count). The van der Waals surface area contributed by atoms with Crippen LogP contribution in [0.3, 0.4) is 0 Å². The van der Waals surface area contributed by atoms with Crippen molar-refractivity contribution in [3.8, 4) is 6.07 Å². The van der Waals surface area contributed by atoms with E-state index in [9.17, 15) is 24.3 Å². The molecule has 0 radical (unpaired) electrons. The Hall–Kier alpha value is -2.71. The number of amides is 2. The molecule has 1 aliphatic heterocycles. The molecular formula is C27H34FIN4O3. The molecular weight excluding hydrogens is 574 g/mol. The van der Waals surface area contributed by atoms with Crippen LogP contribution >= 0.6 is 22.6 Å². The van der Waals surface area contributed by atoms with Gasteiger partial charge in [0.25, 0.3) is 5.91 Å². The molecule has 3 N–H and O–H groups in total. The van der Waals surface area contributed by atoms with Crippen LogP contribution in [-0.4, -0.2) is 57.3 Å². The van der Waals surface area contributed by atoms with E-state index < -0.39 is 23.9 Å². The van der Waals surface area contributed by atoms with Gasteiger partial charge in [0, 0.05) is 29.3 Å². The Balaban J connectivity index is 0.000000337. The van der Waals surface area contributed by atoms with Gasteiger partial charge in [-0.3, -0.25) is 9.59 Å². The molecule has 9 heteroatoms. The van der Waals surface area contributed by atoms with E-state index in [1.807, 2.05) is 30.3 Å². The molecule has 0 spiro atoms. The summed E-state index contributed by atoms with van der Waals surface area (Å²) in [6.07, 6.45) is 1.92. The highest BCUT2D eigenvalue weighted by atomic mass is 127. The van der Waals surface area contributed by atoms with Crippen molar-refractivity contribution in [1.29, 1.82) is 5.26 Å². The second-order valence-corrected chi connectivity index (χ2v) is 10.0. The van der Waals surface area contributed by atoms with Crippen LogP contribution in [0.4, 0.5) is 10.1 Å². The van der Waals surface area contributed by atoms with Gasteiger partial charge in [-0.05, 0) is 36.5 Å². The minimum atomic E-state index is -1.67. The van der Waals surface area contributed by atoms with Crippen molar-refractivity contribution in [2.75, 3.05) is 30.3 Å². The van der Waals surface area contributed by atoms with Crippen LogP contribution in [0.25, 0.3) is 0 Å². The Morgan fingerprint density at radius 2 is 1.81 bits per heavy atom. The number of aliphatic hydroxyl groups is 1. The highest BCUT2D eigenvalue weighted by Gasteiger charge is 2.36. The number of anilines is 1. The first-order valence-corrected chi connectivity index (χ1v) is 13.4. The number of likely N-dealkylation sites (tertiary alicyclic amines) is 1. The number of nitrogens with zero attached hydrogens (tertiary/aromatic N) is 3. The zero-order valence-electron chi connectivity index (χ0n) is 20.7. The van der Waals surface area contributed by atoms with Gasteiger partial charge in [-0.1, -0.05) is 78.8 Å². The molecule has 0 aromatic heterocycles. The maximum Gasteiger partial charge on any atom is 0.256 e. The summed E-state index contributed by atoms with van der Waals surface area (Å²) in [6, 6.07) is 16.6. The van der Waals surface area contributed by atoms with Crippen LogP contribution in [0.15, 0.2) is 54.6 Å². The Morgan fingerprint density at radius 3 is 2.28 bits per heavy atom. The fraction of sp³-hybridized carbons (Fsp3) is 0.444. The SMILES string of the molecule is CC1CC1.CN(CC(=O)N1CC(CI)CC1C#N)C(=O)C(O)c1ccccc1F.Nc1ccccc1. The van der Waals surface area contributed by atoms with Crippen LogP contribution in [0, 0.1) is 29.0 Å². The van der Waals surface area contributed by atoms with Gasteiger partial charge < -0.3 is 20.6 Å². The van der Waals surface area contributed by atoms with E-state index in [1.165, 1.54) is 43.0 Å². The predicted molar refractivity (Wildman–Crippen MR) is 146 cm³/mol. The normalized spacial score (nSPS) is 19.1. The first kappa shape index (κ1) is 29.5. The van der Waals surface area contributed by atoms with Crippen molar-refractivity contribution in [2.45, 2.75) is 38.3 Å². The number of hydrogen-bond acceptors (Lipinski definition) is 5. The van der Waals surface area contributed by atoms with E-state index in [1.54, 1.807) is 0 Å². The van der Waals surface area contributed by atoms with Gasteiger partial charge in [0.2, 0.25) is 5.91 Å². The first-order chi connectivity index (χ1) is 17.2. The van der Waals surface area contributed by atoms with Crippen molar-refractivity contribution in [3.05, 3.63) is 66.0 Å². The summed E-state index contributed by atoms with van der Waals surface area (Å²) < 4.78 is 14.6. The number of aliphatic hydroxyl groups excluding tert-OH is 1. The molecule has 3 atom stereocenters. The number of hydrogen-bond donors (Lipinski definition) is 2. The van der Waals surface area contributed by atoms with Gasteiger partial charge in [-0.25, -0.2) is 4.39 Å². The molecule has 1 saturated carbocycles. The largest absolute Gasteiger partial charge is 0.399 e. The lowest BCUT2D eigenvalue weighted by Crippen LogP contribution is -2.44. The zero-order chi connectivity index (χ0) is 26.7. The molecule has 2 aromatic carbocycles. The molecule has 2 fully saturated rings. The monoisotopic (exact) mass is 608 g/mol. The Bertz CT molecular complexity index is 1030. The smallest absolute Gasteiger partial charge is 0.256 e. The number of likely N-dealkylation sites (N-methyl/N-ethyl adjacent to an activating group) is 1. The van der Waals surface area contributed by atoms with Crippen LogP contribution in [0.1, 0.15) is 37.9 Å². The Kier molecular flexibility index (Phi) is 12.1. The summed E-state index contributed by atoms with van der Waals surface area (Å²) >= 11 is 2.22. The number of rotatable bonds is 5. The second kappa shape index (κ2) is 14.8. The third-order valence-electron chi connectivity index (χ3n) is 5.92. The Labute approximate surface area is 226 Å². The first-order valence-electron chi connectivity index (χ1n) is 11.9. The van der Waals surface area contributed by atoms with E-state index >= 15 is 0 Å². The minimum Gasteiger partial charge on any atom is -0.399 e. The molecule has 1 aliphatic carbocycles. The predicted octanol–water partition coefficient (Wildman–Crippen LogP) is 4.18. The fourth-order valence-corrected chi connectivity index (χ4v) is 4.10. The fourth-order valence-electron chi connectivity index (χ4n) is 3.46. The van der Waals surface area contributed by atoms with Gasteiger partial charge in [0.05, 0.1) is 12.6 Å². The summed E-state index contributed by atoms with van der Waals surface area (Å²) in [5.41, 5.74) is 6.05. The molecule has 2 aliphatic rings. The number of nitrogens with two attached hydrogens (primary N) is 1. The molecule has 1 heterocycles. The number of carbonyl (C=O) groups is 2. The molecule has 2 amide bonds. The number of benzene rings is 2. The number of nitrogen functional groups attached to an aromatic ring is 1. The standard InChI is InChI=1S/C17H19FIN3O3.C6H7N.C4H8/c1-21(17(25)16(24)13-4-2-3-5-14(13)18)10-15(23)22-9-11(7-19)6-12(22)8-20;7-6-4-2-1-3-5-6;1-4-2-3-4/h2-5,11-12,16,24H,6-7,9-10H2,1H3;1-5H,7H2;4H,2-3H2,1H3. The third-order valence-corrected chi connectivity index (χ3v) is 7.17. The van der Waals surface area contributed by atoms with Gasteiger partial charge in [0.1, 0.15) is 11.9 Å². The summed E-state index contributed by atoms with van der Waals surface area (Å²) in [6.45, 7) is 2.49. The minimum absolute atomic E-state index is 0.132. The quantitative estimate of drug-likeness (QED) is 0.301. The summed E-state index contributed by atoms with van der Waals surface area (Å²) in [4.78, 5) is 27.3. The van der Waals surface area contributed by atoms with E-state index in [2.05, 4.69) is 35.6 Å². The molecule has 7 nitrogen and oxygen atoms in total. The van der Waals surface area contributed by atoms with Crippen LogP contribution in [-0.2, 0) is 9.59 Å². The average molecular weight is 608 g/mol. The maximum absolute atomic E-state index is 13.7. The van der Waals surface area contributed by atoms with Crippen molar-refractivity contribution in [1.82, 2.24) is 9.80 Å². The molecule has 0 bridgehead atoms. The molecule has 36 heavy (non-hydrogen) atoms. The Morgan fingerprint density at radius 1 is 1.22 bits per heavy atom. The summed E-state index contributed by atoms with van der Waals surface area (Å²) in [5, 5.41) is 19.3. The molecule has 194 valence electrons. The molecule has 1 saturated heterocycles. The van der Waals surface area contributed by atoms with E-state index in [0.29, 0.717) is 13.0 Å². The summed E-state index contributed by atoms with van der Waals surface area (Å²) in [5.74, 6) is -0.455. The van der Waals surface area contributed by atoms with Gasteiger partial charge >= 0.3 is 0 Å². The van der Waals surface area contributed by atoms with Crippen molar-refractivity contribution in [2.24, 2.45) is 11.8 Å². The highest BCUT2D eigenvalue weighted by molar-refractivity contribution is 14.1. The molecule has 2 aromatic rings. The lowest BCUT2D eigenvalue weighted by Gasteiger charge is -2.25. The van der Waals surface area contributed by atoms with E-state index in [0.717, 1.165) is 27.0 Å². The lowest BCUT2D eigenvalue weighted by atomic mass is 10.1. The number of para-hydroxylation sites is 1. The van der Waals surface area contributed by atoms with Crippen molar-refractivity contribution in [3.63, 3.8) is 0 Å². The van der Waals surface area contributed by atoms with Gasteiger partial charge in [-0.15, -0.1) is 0 Å². The van der Waals surface area contributed by atoms with Crippen LogP contribution in [0.2, 0.25) is 0 Å². The van der Waals surface area contributed by atoms with Crippen molar-refractivity contribution < 1.29 is 19.1 Å². The number of nitriles is 1. The number of carbonyl (C=O) groups excluding carboxylic acids is 2. The van der Waals surface area contributed by atoms with Crippen molar-refractivity contribution >= 4 is 40.1 Å². The highest BCUT2D eigenvalue weighted by Crippen LogP contribution is 2.27.